The molecule has 0 aliphatic heterocycles. The quantitative estimate of drug-likeness (QED) is 0.719. The van der Waals surface area contributed by atoms with Crippen LogP contribution in [0.1, 0.15) is 11.1 Å². The number of fused-ring (bicyclic) bond motifs is 1. The van der Waals surface area contributed by atoms with Crippen LogP contribution in [0, 0.1) is 12.7 Å². The molecule has 0 amide bonds. The number of halogens is 1. The smallest absolute Gasteiger partial charge is 0.123 e. The molecule has 0 saturated carbocycles. The number of benzene rings is 2. The highest BCUT2D eigenvalue weighted by molar-refractivity contribution is 5.82. The van der Waals surface area contributed by atoms with Crippen molar-refractivity contribution in [3.63, 3.8) is 0 Å². The van der Waals surface area contributed by atoms with E-state index in [2.05, 4.69) is 22.4 Å². The van der Waals surface area contributed by atoms with Gasteiger partial charge in [0.1, 0.15) is 5.82 Å². The van der Waals surface area contributed by atoms with E-state index in [0.717, 1.165) is 22.3 Å². The Morgan fingerprint density at radius 3 is 2.84 bits per heavy atom. The topological polar surface area (TPSA) is 27.8 Å². The van der Waals surface area contributed by atoms with E-state index in [1.807, 2.05) is 31.3 Å². The van der Waals surface area contributed by atoms with Crippen LogP contribution >= 0.6 is 0 Å². The summed E-state index contributed by atoms with van der Waals surface area (Å²) in [6.07, 6.45) is 1.93. The maximum atomic E-state index is 13.0. The lowest BCUT2D eigenvalue weighted by Gasteiger charge is -2.09. The van der Waals surface area contributed by atoms with Crippen molar-refractivity contribution in [1.29, 1.82) is 0 Å². The van der Waals surface area contributed by atoms with Gasteiger partial charge in [-0.3, -0.25) is 0 Å². The average Bonchev–Trinajstić information content (AvgIpc) is 2.85. The highest BCUT2D eigenvalue weighted by Crippen LogP contribution is 2.19. The van der Waals surface area contributed by atoms with Crippen molar-refractivity contribution in [2.45, 2.75) is 13.5 Å². The predicted octanol–water partition coefficient (Wildman–Crippen LogP) is 4.23. The van der Waals surface area contributed by atoms with Crippen LogP contribution < -0.4 is 5.32 Å². The standard InChI is InChI=1S/C16H15FN2/c1-11-8-14(17)3-2-13(11)10-19-15-4-5-16-12(9-15)6-7-18-16/h2-9,18-19H,10H2,1H3. The van der Waals surface area contributed by atoms with Crippen molar-refractivity contribution >= 4 is 16.6 Å². The Morgan fingerprint density at radius 2 is 2.00 bits per heavy atom. The SMILES string of the molecule is Cc1cc(F)ccc1CNc1ccc2[nH]ccc2c1. The van der Waals surface area contributed by atoms with Gasteiger partial charge in [-0.05, 0) is 54.4 Å². The van der Waals surface area contributed by atoms with E-state index in [9.17, 15) is 4.39 Å². The fourth-order valence-electron chi connectivity index (χ4n) is 2.22. The monoisotopic (exact) mass is 254 g/mol. The lowest BCUT2D eigenvalue weighted by molar-refractivity contribution is 0.625. The molecule has 19 heavy (non-hydrogen) atoms. The number of hydrogen-bond donors (Lipinski definition) is 2. The minimum atomic E-state index is -0.185. The maximum absolute atomic E-state index is 13.0. The summed E-state index contributed by atoms with van der Waals surface area (Å²) in [5, 5.41) is 4.55. The molecule has 96 valence electrons. The minimum absolute atomic E-state index is 0.185. The third-order valence-corrected chi connectivity index (χ3v) is 3.34. The second-order valence-corrected chi connectivity index (χ2v) is 4.70. The Balaban J connectivity index is 1.77. The minimum Gasteiger partial charge on any atom is -0.381 e. The Kier molecular flexibility index (Phi) is 2.95. The fourth-order valence-corrected chi connectivity index (χ4v) is 2.22. The third kappa shape index (κ3) is 2.45. The molecule has 0 bridgehead atoms. The van der Waals surface area contributed by atoms with Gasteiger partial charge in [-0.2, -0.15) is 0 Å². The molecule has 0 radical (unpaired) electrons. The van der Waals surface area contributed by atoms with Crippen LogP contribution in [0.4, 0.5) is 10.1 Å². The summed E-state index contributed by atoms with van der Waals surface area (Å²) in [5.74, 6) is -0.185. The second kappa shape index (κ2) is 4.76. The summed E-state index contributed by atoms with van der Waals surface area (Å²) < 4.78 is 13.0. The van der Waals surface area contributed by atoms with E-state index >= 15 is 0 Å². The summed E-state index contributed by atoms with van der Waals surface area (Å²) in [7, 11) is 0. The predicted molar refractivity (Wildman–Crippen MR) is 76.8 cm³/mol. The number of aromatic amines is 1. The summed E-state index contributed by atoms with van der Waals surface area (Å²) in [5.41, 5.74) is 4.27. The van der Waals surface area contributed by atoms with Gasteiger partial charge >= 0.3 is 0 Å². The fraction of sp³-hybridized carbons (Fsp3) is 0.125. The van der Waals surface area contributed by atoms with E-state index < -0.39 is 0 Å². The molecule has 0 aliphatic rings. The van der Waals surface area contributed by atoms with E-state index in [1.54, 1.807) is 6.07 Å². The molecule has 2 N–H and O–H groups in total. The van der Waals surface area contributed by atoms with E-state index in [-0.39, 0.29) is 5.82 Å². The highest BCUT2D eigenvalue weighted by atomic mass is 19.1. The molecule has 3 heteroatoms. The van der Waals surface area contributed by atoms with Gasteiger partial charge in [-0.15, -0.1) is 0 Å². The molecule has 0 fully saturated rings. The molecule has 1 aromatic heterocycles. The molecular weight excluding hydrogens is 239 g/mol. The van der Waals surface area contributed by atoms with Crippen molar-refractivity contribution in [3.05, 3.63) is 65.6 Å². The van der Waals surface area contributed by atoms with Gasteiger partial charge in [0.15, 0.2) is 0 Å². The Hall–Kier alpha value is -2.29. The van der Waals surface area contributed by atoms with Gasteiger partial charge < -0.3 is 10.3 Å². The molecular formula is C16H15FN2. The van der Waals surface area contributed by atoms with Crippen LogP contribution in [0.15, 0.2) is 48.7 Å². The zero-order valence-electron chi connectivity index (χ0n) is 10.7. The van der Waals surface area contributed by atoms with Gasteiger partial charge in [0, 0.05) is 29.3 Å². The third-order valence-electron chi connectivity index (χ3n) is 3.34. The normalized spacial score (nSPS) is 10.8. The maximum Gasteiger partial charge on any atom is 0.123 e. The van der Waals surface area contributed by atoms with Crippen molar-refractivity contribution in [1.82, 2.24) is 4.98 Å². The number of aromatic nitrogens is 1. The molecule has 1 heterocycles. The summed E-state index contributed by atoms with van der Waals surface area (Å²) in [4.78, 5) is 3.17. The van der Waals surface area contributed by atoms with E-state index in [1.165, 1.54) is 11.5 Å². The number of aryl methyl sites for hydroxylation is 1. The number of anilines is 1. The van der Waals surface area contributed by atoms with E-state index in [0.29, 0.717) is 6.54 Å². The first-order valence-corrected chi connectivity index (χ1v) is 6.28. The van der Waals surface area contributed by atoms with Crippen LogP contribution in [-0.4, -0.2) is 4.98 Å². The Bertz CT molecular complexity index is 716. The van der Waals surface area contributed by atoms with Crippen LogP contribution in [0.5, 0.6) is 0 Å². The average molecular weight is 254 g/mol. The highest BCUT2D eigenvalue weighted by Gasteiger charge is 2.01. The lowest BCUT2D eigenvalue weighted by atomic mass is 10.1. The molecule has 3 aromatic rings. The van der Waals surface area contributed by atoms with Crippen molar-refractivity contribution in [2.75, 3.05) is 5.32 Å². The van der Waals surface area contributed by atoms with Crippen molar-refractivity contribution in [3.8, 4) is 0 Å². The zero-order valence-corrected chi connectivity index (χ0v) is 10.7. The van der Waals surface area contributed by atoms with Gasteiger partial charge in [-0.1, -0.05) is 6.07 Å². The molecule has 0 saturated heterocycles. The largest absolute Gasteiger partial charge is 0.381 e. The molecule has 3 rings (SSSR count). The molecule has 0 aliphatic carbocycles. The van der Waals surface area contributed by atoms with Gasteiger partial charge in [0.2, 0.25) is 0 Å². The zero-order chi connectivity index (χ0) is 13.2. The van der Waals surface area contributed by atoms with Crippen molar-refractivity contribution < 1.29 is 4.39 Å². The number of rotatable bonds is 3. The second-order valence-electron chi connectivity index (χ2n) is 4.70. The van der Waals surface area contributed by atoms with Crippen molar-refractivity contribution in [2.24, 2.45) is 0 Å². The first-order chi connectivity index (χ1) is 9.22. The van der Waals surface area contributed by atoms with Crippen LogP contribution in [0.2, 0.25) is 0 Å². The van der Waals surface area contributed by atoms with Gasteiger partial charge in [0.25, 0.3) is 0 Å². The Labute approximate surface area is 111 Å². The number of nitrogens with one attached hydrogen (secondary N) is 2. The van der Waals surface area contributed by atoms with Gasteiger partial charge in [0.05, 0.1) is 0 Å². The lowest BCUT2D eigenvalue weighted by Crippen LogP contribution is -2.01. The first-order valence-electron chi connectivity index (χ1n) is 6.28. The molecule has 2 nitrogen and oxygen atoms in total. The number of hydrogen-bond acceptors (Lipinski definition) is 1. The van der Waals surface area contributed by atoms with E-state index in [4.69, 9.17) is 0 Å². The first kappa shape index (κ1) is 11.8. The number of H-pyrrole nitrogens is 1. The molecule has 0 unspecified atom stereocenters. The van der Waals surface area contributed by atoms with Crippen LogP contribution in [-0.2, 0) is 6.54 Å². The molecule has 0 atom stereocenters. The van der Waals surface area contributed by atoms with Crippen LogP contribution in [0.3, 0.4) is 0 Å². The summed E-state index contributed by atoms with van der Waals surface area (Å²) in [6.45, 7) is 2.62. The summed E-state index contributed by atoms with van der Waals surface area (Å²) in [6, 6.07) is 13.1. The Morgan fingerprint density at radius 1 is 1.11 bits per heavy atom. The summed E-state index contributed by atoms with van der Waals surface area (Å²) >= 11 is 0. The van der Waals surface area contributed by atoms with Gasteiger partial charge in [-0.25, -0.2) is 4.39 Å². The molecule has 2 aromatic carbocycles. The van der Waals surface area contributed by atoms with Crippen LogP contribution in [0.25, 0.3) is 10.9 Å². The molecule has 0 spiro atoms.